The molecule has 35 heavy (non-hydrogen) atoms. The van der Waals surface area contributed by atoms with Gasteiger partial charge in [0.25, 0.3) is 5.41 Å². The van der Waals surface area contributed by atoms with Gasteiger partial charge in [-0.2, -0.15) is 0 Å². The number of hydrogen-bond donors (Lipinski definition) is 3. The first kappa shape index (κ1) is 24.7. The molecule has 0 saturated carbocycles. The third-order valence-electron chi connectivity index (χ3n) is 6.17. The van der Waals surface area contributed by atoms with Crippen LogP contribution in [0.15, 0.2) is 48.7 Å². The van der Waals surface area contributed by atoms with Crippen molar-refractivity contribution in [3.8, 4) is 5.75 Å². The smallest absolute Gasteiger partial charge is 0.370 e. The number of ketones is 1. The predicted octanol–water partition coefficient (Wildman–Crippen LogP) is 4.51. The summed E-state index contributed by atoms with van der Waals surface area (Å²) in [5.41, 5.74) is 9.96. The molecule has 2 aromatic heterocycles. The van der Waals surface area contributed by atoms with Crippen LogP contribution in [-0.2, 0) is 17.4 Å². The van der Waals surface area contributed by atoms with E-state index in [-0.39, 0.29) is 11.4 Å². The average molecular weight is 497 g/mol. The molecule has 0 saturated heterocycles. The number of nitrogen functional groups attached to an aromatic ring is 1. The van der Waals surface area contributed by atoms with Crippen LogP contribution in [0, 0.1) is 6.92 Å². The van der Waals surface area contributed by atoms with E-state index < -0.39 is 18.8 Å². The van der Waals surface area contributed by atoms with Crippen LogP contribution in [0.25, 0.3) is 21.8 Å². The van der Waals surface area contributed by atoms with Crippen LogP contribution in [0.1, 0.15) is 34.0 Å². The summed E-state index contributed by atoms with van der Waals surface area (Å²) >= 11 is 0. The number of methoxy groups -OCH3 is 1. The van der Waals surface area contributed by atoms with Crippen LogP contribution < -0.4 is 10.5 Å². The Morgan fingerprint density at radius 3 is 2.54 bits per heavy atom. The zero-order valence-electron chi connectivity index (χ0n) is 19.4. The molecule has 4 N–H and O–H groups in total. The first-order chi connectivity index (χ1) is 16.4. The highest BCUT2D eigenvalue weighted by Gasteiger charge is 2.50. The van der Waals surface area contributed by atoms with Crippen molar-refractivity contribution in [3.63, 3.8) is 0 Å². The number of hydrogen-bond acceptors (Lipinski definition) is 6. The normalized spacial score (nSPS) is 13.7. The highest BCUT2D eigenvalue weighted by Crippen LogP contribution is 2.53. The third-order valence-corrected chi connectivity index (χ3v) is 7.47. The number of aromatic nitrogens is 2. The van der Waals surface area contributed by atoms with Crippen LogP contribution >= 0.6 is 7.60 Å². The maximum Gasteiger partial charge on any atom is 0.370 e. The van der Waals surface area contributed by atoms with Crippen molar-refractivity contribution in [1.29, 1.82) is 0 Å². The molecule has 0 amide bonds. The van der Waals surface area contributed by atoms with E-state index in [0.29, 0.717) is 28.7 Å². The molecule has 1 atom stereocenters. The standard InChI is InChI=1S/C25H25FN3O5P/c1-14-10-18(34-3)8-6-16(14)5-4-15-11-20-19-9-7-17(23(30)25(2,26)35(31,32)33)12-21(19)29-24(27)22(20)28-13-15/h6-13H,4-5H2,1-3H3,(H2,27,29)(H2,31,32,33). The lowest BCUT2D eigenvalue weighted by atomic mass is 9.99. The van der Waals surface area contributed by atoms with Crippen molar-refractivity contribution >= 4 is 41.0 Å². The largest absolute Gasteiger partial charge is 0.497 e. The minimum absolute atomic E-state index is 0.132. The summed E-state index contributed by atoms with van der Waals surface area (Å²) in [6.45, 7) is 2.60. The van der Waals surface area contributed by atoms with Crippen molar-refractivity contribution in [1.82, 2.24) is 9.97 Å². The van der Waals surface area contributed by atoms with Crippen molar-refractivity contribution in [2.75, 3.05) is 12.8 Å². The number of pyridine rings is 2. The molecule has 0 aliphatic rings. The van der Waals surface area contributed by atoms with Crippen LogP contribution in [0.4, 0.5) is 10.2 Å². The lowest BCUT2D eigenvalue weighted by Crippen LogP contribution is -2.30. The fourth-order valence-electron chi connectivity index (χ4n) is 3.98. The Morgan fingerprint density at radius 1 is 1.14 bits per heavy atom. The molecule has 0 bridgehead atoms. The minimum atomic E-state index is -5.33. The van der Waals surface area contributed by atoms with Crippen LogP contribution in [0.5, 0.6) is 5.75 Å². The number of carbonyl (C=O) groups is 1. The summed E-state index contributed by atoms with van der Waals surface area (Å²) in [5.74, 6) is -0.387. The van der Waals surface area contributed by atoms with E-state index in [1.807, 2.05) is 31.2 Å². The number of anilines is 1. The molecule has 0 spiro atoms. The lowest BCUT2D eigenvalue weighted by Gasteiger charge is -2.20. The van der Waals surface area contributed by atoms with E-state index in [9.17, 15) is 23.5 Å². The Balaban J connectivity index is 1.71. The van der Waals surface area contributed by atoms with E-state index in [2.05, 4.69) is 9.97 Å². The van der Waals surface area contributed by atoms with Crippen molar-refractivity contribution in [3.05, 3.63) is 70.9 Å². The molecular weight excluding hydrogens is 472 g/mol. The molecule has 1 unspecified atom stereocenters. The SMILES string of the molecule is COc1ccc(CCc2cnc3c(N)nc4cc(C(=O)C(C)(F)P(=O)(O)O)ccc4c3c2)c(C)c1. The van der Waals surface area contributed by atoms with Crippen LogP contribution in [0.3, 0.4) is 0 Å². The van der Waals surface area contributed by atoms with Gasteiger partial charge >= 0.3 is 7.60 Å². The minimum Gasteiger partial charge on any atom is -0.497 e. The third kappa shape index (κ3) is 4.62. The molecule has 0 radical (unpaired) electrons. The number of fused-ring (bicyclic) bond motifs is 3. The highest BCUT2D eigenvalue weighted by atomic mass is 31.2. The summed E-state index contributed by atoms with van der Waals surface area (Å²) in [6.07, 6.45) is 3.26. The van der Waals surface area contributed by atoms with Gasteiger partial charge in [0.2, 0.25) is 5.78 Å². The molecule has 0 fully saturated rings. The van der Waals surface area contributed by atoms with E-state index in [1.54, 1.807) is 19.4 Å². The fraction of sp³-hybridized carbons (Fsp3) is 0.240. The number of alkyl halides is 1. The number of ether oxygens (including phenoxy) is 1. The number of halogens is 1. The second-order valence-electron chi connectivity index (χ2n) is 8.59. The first-order valence-electron chi connectivity index (χ1n) is 10.8. The topological polar surface area (TPSA) is 136 Å². The molecular formula is C25H25FN3O5P. The molecule has 182 valence electrons. The van der Waals surface area contributed by atoms with Crippen LogP contribution in [0.2, 0.25) is 0 Å². The lowest BCUT2D eigenvalue weighted by molar-refractivity contribution is 0.0811. The molecule has 0 aliphatic carbocycles. The number of Topliss-reactive ketones (excluding diaryl/α,β-unsaturated/α-hetero) is 1. The van der Waals surface area contributed by atoms with Crippen molar-refractivity contribution in [2.45, 2.75) is 32.1 Å². The molecule has 2 aromatic carbocycles. The van der Waals surface area contributed by atoms with Gasteiger partial charge < -0.3 is 20.3 Å². The molecule has 8 nitrogen and oxygen atoms in total. The number of nitrogens with zero attached hydrogens (tertiary/aromatic N) is 2. The van der Waals surface area contributed by atoms with Gasteiger partial charge in [0, 0.05) is 22.5 Å². The zero-order valence-corrected chi connectivity index (χ0v) is 20.3. The molecule has 0 aliphatic heterocycles. The van der Waals surface area contributed by atoms with Gasteiger partial charge in [0.1, 0.15) is 11.3 Å². The van der Waals surface area contributed by atoms with Gasteiger partial charge in [-0.15, -0.1) is 0 Å². The predicted molar refractivity (Wildman–Crippen MR) is 132 cm³/mol. The summed E-state index contributed by atoms with van der Waals surface area (Å²) in [6, 6.07) is 12.1. The maximum atomic E-state index is 14.6. The van der Waals surface area contributed by atoms with Gasteiger partial charge in [0.15, 0.2) is 5.82 Å². The Labute approximate surface area is 201 Å². The Morgan fingerprint density at radius 2 is 1.89 bits per heavy atom. The van der Waals surface area contributed by atoms with Gasteiger partial charge in [-0.3, -0.25) is 14.3 Å². The number of benzene rings is 2. The van der Waals surface area contributed by atoms with Gasteiger partial charge in [-0.1, -0.05) is 18.2 Å². The van der Waals surface area contributed by atoms with Gasteiger partial charge in [0.05, 0.1) is 12.6 Å². The molecule has 4 aromatic rings. The number of aryl methyl sites for hydroxylation is 3. The Bertz CT molecular complexity index is 1520. The van der Waals surface area contributed by atoms with E-state index in [1.165, 1.54) is 17.7 Å². The fourth-order valence-corrected chi connectivity index (χ4v) is 4.37. The summed E-state index contributed by atoms with van der Waals surface area (Å²) in [5, 5.41) is -2.00. The second-order valence-corrected chi connectivity index (χ2v) is 10.5. The number of rotatable bonds is 7. The number of nitrogens with two attached hydrogens (primary N) is 1. The van der Waals surface area contributed by atoms with Crippen LogP contribution in [-0.4, -0.2) is 38.1 Å². The summed E-state index contributed by atoms with van der Waals surface area (Å²) in [4.78, 5) is 39.8. The van der Waals surface area contributed by atoms with Crippen molar-refractivity contribution in [2.24, 2.45) is 0 Å². The van der Waals surface area contributed by atoms with Gasteiger partial charge in [-0.05, 0) is 67.6 Å². The number of carbonyl (C=O) groups excluding carboxylic acids is 1. The maximum absolute atomic E-state index is 14.6. The van der Waals surface area contributed by atoms with Crippen molar-refractivity contribution < 1.29 is 28.3 Å². The van der Waals surface area contributed by atoms with Gasteiger partial charge in [-0.25, -0.2) is 9.37 Å². The first-order valence-corrected chi connectivity index (χ1v) is 12.4. The molecule has 10 heteroatoms. The average Bonchev–Trinajstić information content (AvgIpc) is 2.81. The van der Waals surface area contributed by atoms with E-state index in [0.717, 1.165) is 29.7 Å². The Hall–Kier alpha value is -3.39. The second kappa shape index (κ2) is 9.00. The zero-order chi connectivity index (χ0) is 25.5. The monoisotopic (exact) mass is 497 g/mol. The summed E-state index contributed by atoms with van der Waals surface area (Å²) in [7, 11) is -3.69. The van der Waals surface area contributed by atoms with E-state index >= 15 is 0 Å². The van der Waals surface area contributed by atoms with E-state index in [4.69, 9.17) is 10.5 Å². The Kier molecular flexibility index (Phi) is 6.36. The summed E-state index contributed by atoms with van der Waals surface area (Å²) < 4.78 is 31.3. The molecule has 2 heterocycles. The highest BCUT2D eigenvalue weighted by molar-refractivity contribution is 7.54. The molecule has 4 rings (SSSR count). The quantitative estimate of drug-likeness (QED) is 0.193.